The first kappa shape index (κ1) is 17.0. The van der Waals surface area contributed by atoms with Crippen LogP contribution in [-0.4, -0.2) is 91.4 Å². The summed E-state index contributed by atoms with van der Waals surface area (Å²) in [4.78, 5) is 15.9. The van der Waals surface area contributed by atoms with Crippen LogP contribution in [0.4, 0.5) is 5.82 Å². The SMILES string of the molecule is COc1cc(N2CCC3(CC2)CC(N2CCN(C)CC2)CO3)ncn1. The fourth-order valence-electron chi connectivity index (χ4n) is 4.35. The third-order valence-corrected chi connectivity index (χ3v) is 6.08. The standard InChI is InChI=1S/C18H29N5O2/c1-21-7-9-22(10-8-21)15-12-18(25-13-15)3-5-23(6-4-18)16-11-17(24-2)20-14-19-16/h11,14-15H,3-10,12-13H2,1-2H3. The zero-order valence-electron chi connectivity index (χ0n) is 15.4. The van der Waals surface area contributed by atoms with Gasteiger partial charge in [0.1, 0.15) is 12.1 Å². The molecule has 7 nitrogen and oxygen atoms in total. The summed E-state index contributed by atoms with van der Waals surface area (Å²) in [5.74, 6) is 1.58. The van der Waals surface area contributed by atoms with Crippen molar-refractivity contribution in [1.82, 2.24) is 19.8 Å². The first-order valence-corrected chi connectivity index (χ1v) is 9.35. The van der Waals surface area contributed by atoms with E-state index in [2.05, 4.69) is 31.7 Å². The Hall–Kier alpha value is -1.44. The van der Waals surface area contributed by atoms with E-state index in [0.717, 1.165) is 38.4 Å². The van der Waals surface area contributed by atoms with Crippen molar-refractivity contribution in [3.05, 3.63) is 12.4 Å². The van der Waals surface area contributed by atoms with E-state index in [4.69, 9.17) is 9.47 Å². The minimum absolute atomic E-state index is 0.0711. The number of methoxy groups -OCH3 is 1. The summed E-state index contributed by atoms with van der Waals surface area (Å²) in [6.07, 6.45) is 4.90. The number of likely N-dealkylation sites (N-methyl/N-ethyl adjacent to an activating group) is 1. The van der Waals surface area contributed by atoms with Gasteiger partial charge in [0, 0.05) is 51.4 Å². The van der Waals surface area contributed by atoms with E-state index >= 15 is 0 Å². The first-order valence-electron chi connectivity index (χ1n) is 9.35. The number of ether oxygens (including phenoxy) is 2. The lowest BCUT2D eigenvalue weighted by Gasteiger charge is -2.40. The molecular formula is C18H29N5O2. The number of piperidine rings is 1. The molecule has 1 aromatic rings. The normalized spacial score (nSPS) is 27.8. The van der Waals surface area contributed by atoms with Crippen LogP contribution in [0.2, 0.25) is 0 Å². The molecule has 0 N–H and O–H groups in total. The summed E-state index contributed by atoms with van der Waals surface area (Å²) in [6, 6.07) is 2.51. The van der Waals surface area contributed by atoms with Crippen LogP contribution >= 0.6 is 0 Å². The number of rotatable bonds is 3. The van der Waals surface area contributed by atoms with E-state index in [0.29, 0.717) is 11.9 Å². The van der Waals surface area contributed by atoms with Crippen LogP contribution in [0, 0.1) is 0 Å². The highest BCUT2D eigenvalue weighted by molar-refractivity contribution is 5.41. The minimum Gasteiger partial charge on any atom is -0.481 e. The predicted octanol–water partition coefficient (Wildman–Crippen LogP) is 0.861. The second-order valence-electron chi connectivity index (χ2n) is 7.60. The fraction of sp³-hybridized carbons (Fsp3) is 0.778. The highest BCUT2D eigenvalue weighted by atomic mass is 16.5. The van der Waals surface area contributed by atoms with E-state index in [1.807, 2.05) is 6.07 Å². The summed E-state index contributed by atoms with van der Waals surface area (Å²) in [5.41, 5.74) is 0.0711. The Morgan fingerprint density at radius 1 is 1.12 bits per heavy atom. The van der Waals surface area contributed by atoms with Crippen LogP contribution < -0.4 is 9.64 Å². The Balaban J connectivity index is 1.34. The van der Waals surface area contributed by atoms with Crippen molar-refractivity contribution in [2.24, 2.45) is 0 Å². The molecular weight excluding hydrogens is 318 g/mol. The Morgan fingerprint density at radius 3 is 2.60 bits per heavy atom. The molecule has 3 saturated heterocycles. The fourth-order valence-corrected chi connectivity index (χ4v) is 4.35. The smallest absolute Gasteiger partial charge is 0.218 e. The zero-order valence-corrected chi connectivity index (χ0v) is 15.4. The van der Waals surface area contributed by atoms with Gasteiger partial charge >= 0.3 is 0 Å². The summed E-state index contributed by atoms with van der Waals surface area (Å²) in [7, 11) is 3.85. The summed E-state index contributed by atoms with van der Waals surface area (Å²) in [5, 5.41) is 0. The summed E-state index contributed by atoms with van der Waals surface area (Å²) in [6.45, 7) is 7.55. The van der Waals surface area contributed by atoms with E-state index in [1.54, 1.807) is 13.4 Å². The third-order valence-electron chi connectivity index (χ3n) is 6.08. The summed E-state index contributed by atoms with van der Waals surface area (Å²) >= 11 is 0. The van der Waals surface area contributed by atoms with Gasteiger partial charge in [-0.05, 0) is 26.3 Å². The van der Waals surface area contributed by atoms with Gasteiger partial charge in [0.15, 0.2) is 0 Å². The molecule has 7 heteroatoms. The first-order chi connectivity index (χ1) is 12.2. The zero-order chi connectivity index (χ0) is 17.3. The number of hydrogen-bond acceptors (Lipinski definition) is 7. The largest absolute Gasteiger partial charge is 0.481 e. The van der Waals surface area contributed by atoms with Crippen LogP contribution in [0.3, 0.4) is 0 Å². The highest BCUT2D eigenvalue weighted by Gasteiger charge is 2.44. The maximum atomic E-state index is 6.36. The van der Waals surface area contributed by atoms with Crippen LogP contribution in [0.5, 0.6) is 5.88 Å². The Bertz CT molecular complexity index is 583. The topological polar surface area (TPSA) is 54.0 Å². The molecule has 4 heterocycles. The van der Waals surface area contributed by atoms with Crippen LogP contribution in [0.25, 0.3) is 0 Å². The average Bonchev–Trinajstić information content (AvgIpc) is 3.06. The Morgan fingerprint density at radius 2 is 1.88 bits per heavy atom. The molecule has 3 aliphatic rings. The van der Waals surface area contributed by atoms with Crippen molar-refractivity contribution in [2.45, 2.75) is 30.9 Å². The second-order valence-corrected chi connectivity index (χ2v) is 7.60. The third kappa shape index (κ3) is 3.59. The molecule has 0 amide bonds. The quantitative estimate of drug-likeness (QED) is 0.804. The summed E-state index contributed by atoms with van der Waals surface area (Å²) < 4.78 is 11.6. The van der Waals surface area contributed by atoms with Crippen molar-refractivity contribution in [3.8, 4) is 5.88 Å². The van der Waals surface area contributed by atoms with Crippen LogP contribution in [0.1, 0.15) is 19.3 Å². The van der Waals surface area contributed by atoms with Gasteiger partial charge in [0.05, 0.1) is 19.3 Å². The second kappa shape index (κ2) is 7.05. The van der Waals surface area contributed by atoms with Crippen LogP contribution in [0.15, 0.2) is 12.4 Å². The van der Waals surface area contributed by atoms with Gasteiger partial charge in [-0.3, -0.25) is 4.90 Å². The maximum Gasteiger partial charge on any atom is 0.218 e. The van der Waals surface area contributed by atoms with E-state index < -0.39 is 0 Å². The molecule has 1 aromatic heterocycles. The molecule has 0 saturated carbocycles. The van der Waals surface area contributed by atoms with Crippen molar-refractivity contribution in [2.75, 3.05) is 64.9 Å². The van der Waals surface area contributed by atoms with Crippen molar-refractivity contribution < 1.29 is 9.47 Å². The van der Waals surface area contributed by atoms with E-state index in [-0.39, 0.29) is 5.60 Å². The highest BCUT2D eigenvalue weighted by Crippen LogP contribution is 2.38. The molecule has 25 heavy (non-hydrogen) atoms. The van der Waals surface area contributed by atoms with Gasteiger partial charge in [-0.2, -0.15) is 0 Å². The van der Waals surface area contributed by atoms with Gasteiger partial charge in [-0.25, -0.2) is 9.97 Å². The van der Waals surface area contributed by atoms with Gasteiger partial charge in [-0.1, -0.05) is 0 Å². The van der Waals surface area contributed by atoms with Gasteiger partial charge in [-0.15, -0.1) is 0 Å². The van der Waals surface area contributed by atoms with Crippen LogP contribution in [-0.2, 0) is 4.74 Å². The number of anilines is 1. The maximum absolute atomic E-state index is 6.36. The van der Waals surface area contributed by atoms with Crippen molar-refractivity contribution in [1.29, 1.82) is 0 Å². The lowest BCUT2D eigenvalue weighted by molar-refractivity contribution is -0.0163. The Labute approximate surface area is 149 Å². The van der Waals surface area contributed by atoms with Crippen molar-refractivity contribution in [3.63, 3.8) is 0 Å². The number of piperazine rings is 1. The molecule has 1 atom stereocenters. The lowest BCUT2D eigenvalue weighted by Crippen LogP contribution is -2.50. The molecule has 0 radical (unpaired) electrons. The van der Waals surface area contributed by atoms with E-state index in [1.165, 1.54) is 32.6 Å². The molecule has 138 valence electrons. The Kier molecular flexibility index (Phi) is 4.80. The number of nitrogens with zero attached hydrogens (tertiary/aromatic N) is 5. The lowest BCUT2D eigenvalue weighted by atomic mass is 9.87. The predicted molar refractivity (Wildman–Crippen MR) is 96.2 cm³/mol. The molecule has 1 spiro atoms. The number of hydrogen-bond donors (Lipinski definition) is 0. The minimum atomic E-state index is 0.0711. The molecule has 0 aliphatic carbocycles. The van der Waals surface area contributed by atoms with Crippen molar-refractivity contribution >= 4 is 5.82 Å². The van der Waals surface area contributed by atoms with Gasteiger partial charge in [0.2, 0.25) is 5.88 Å². The van der Waals surface area contributed by atoms with Gasteiger partial charge in [0.25, 0.3) is 0 Å². The monoisotopic (exact) mass is 347 g/mol. The number of aromatic nitrogens is 2. The van der Waals surface area contributed by atoms with E-state index in [9.17, 15) is 0 Å². The molecule has 3 aliphatic heterocycles. The molecule has 1 unspecified atom stereocenters. The molecule has 0 aromatic carbocycles. The average molecular weight is 347 g/mol. The molecule has 0 bridgehead atoms. The molecule has 3 fully saturated rings. The van der Waals surface area contributed by atoms with Gasteiger partial charge < -0.3 is 19.3 Å². The molecule has 4 rings (SSSR count).